The number of rotatable bonds is 4. The lowest BCUT2D eigenvalue weighted by atomic mass is 9.98. The van der Waals surface area contributed by atoms with Crippen molar-refractivity contribution in [2.75, 3.05) is 25.0 Å². The van der Waals surface area contributed by atoms with Gasteiger partial charge in [-0.2, -0.15) is 0 Å². The van der Waals surface area contributed by atoms with Crippen molar-refractivity contribution in [3.05, 3.63) is 65.2 Å². The molecule has 6 heteroatoms. The van der Waals surface area contributed by atoms with E-state index in [9.17, 15) is 9.59 Å². The number of hydrogen-bond donors (Lipinski definition) is 2. The van der Waals surface area contributed by atoms with Crippen molar-refractivity contribution in [1.29, 1.82) is 0 Å². The third kappa shape index (κ3) is 4.38. The van der Waals surface area contributed by atoms with Gasteiger partial charge in [0.1, 0.15) is 11.4 Å². The molecule has 2 aromatic carbocycles. The minimum atomic E-state index is -0.541. The molecular formula is C23H26N4O2. The maximum Gasteiger partial charge on any atom is 0.272 e. The molecular weight excluding hydrogens is 364 g/mol. The van der Waals surface area contributed by atoms with Gasteiger partial charge in [0, 0.05) is 37.2 Å². The highest BCUT2D eigenvalue weighted by Gasteiger charge is 2.42. The van der Waals surface area contributed by atoms with Crippen LogP contribution in [0.1, 0.15) is 29.5 Å². The topological polar surface area (TPSA) is 73.8 Å². The lowest BCUT2D eigenvalue weighted by molar-refractivity contribution is -0.119. The van der Waals surface area contributed by atoms with Crippen LogP contribution in [0.5, 0.6) is 0 Å². The predicted molar refractivity (Wildman–Crippen MR) is 114 cm³/mol. The summed E-state index contributed by atoms with van der Waals surface area (Å²) >= 11 is 0. The van der Waals surface area contributed by atoms with Crippen molar-refractivity contribution in [3.63, 3.8) is 0 Å². The van der Waals surface area contributed by atoms with Crippen molar-refractivity contribution < 1.29 is 9.59 Å². The average Bonchev–Trinajstić information content (AvgIpc) is 3.00. The number of anilines is 1. The summed E-state index contributed by atoms with van der Waals surface area (Å²) in [5.41, 5.74) is 3.90. The van der Waals surface area contributed by atoms with Crippen LogP contribution in [-0.4, -0.2) is 47.7 Å². The minimum absolute atomic E-state index is 0.0224. The molecule has 2 heterocycles. The normalized spacial score (nSPS) is 18.4. The summed E-state index contributed by atoms with van der Waals surface area (Å²) in [6, 6.07) is 15.7. The Morgan fingerprint density at radius 1 is 1.10 bits per heavy atom. The van der Waals surface area contributed by atoms with Crippen molar-refractivity contribution in [3.8, 4) is 0 Å². The number of carbonyl (C=O) groups excluding carboxylic acids is 2. The number of piperidine rings is 1. The van der Waals surface area contributed by atoms with Gasteiger partial charge in [-0.15, -0.1) is 0 Å². The predicted octanol–water partition coefficient (Wildman–Crippen LogP) is 2.65. The summed E-state index contributed by atoms with van der Waals surface area (Å²) in [6.07, 6.45) is 1.40. The van der Waals surface area contributed by atoms with Gasteiger partial charge >= 0.3 is 0 Å². The fourth-order valence-electron chi connectivity index (χ4n) is 3.91. The smallest absolute Gasteiger partial charge is 0.272 e. The highest BCUT2D eigenvalue weighted by Crippen LogP contribution is 2.28. The zero-order valence-electron chi connectivity index (χ0n) is 16.9. The van der Waals surface area contributed by atoms with Crippen LogP contribution in [0.2, 0.25) is 0 Å². The van der Waals surface area contributed by atoms with Gasteiger partial charge in [0.25, 0.3) is 5.91 Å². The first-order chi connectivity index (χ1) is 13.9. The lowest BCUT2D eigenvalue weighted by Gasteiger charge is -2.36. The van der Waals surface area contributed by atoms with Gasteiger partial charge in [0.2, 0.25) is 5.91 Å². The Morgan fingerprint density at radius 3 is 2.52 bits per heavy atom. The molecule has 6 nitrogen and oxygen atoms in total. The number of aliphatic imine (C=N–C) groups is 1. The largest absolute Gasteiger partial charge is 0.326 e. The van der Waals surface area contributed by atoms with Gasteiger partial charge in [0.05, 0.1) is 6.54 Å². The molecule has 0 aromatic heterocycles. The van der Waals surface area contributed by atoms with Crippen LogP contribution in [0.3, 0.4) is 0 Å². The van der Waals surface area contributed by atoms with Crippen LogP contribution in [0.25, 0.3) is 0 Å². The monoisotopic (exact) mass is 390 g/mol. The molecule has 2 amide bonds. The average molecular weight is 390 g/mol. The molecule has 0 atom stereocenters. The van der Waals surface area contributed by atoms with E-state index in [2.05, 4.69) is 15.5 Å². The van der Waals surface area contributed by atoms with Crippen molar-refractivity contribution >= 4 is 23.2 Å². The maximum absolute atomic E-state index is 12.5. The third-order valence-electron chi connectivity index (χ3n) is 5.56. The third-order valence-corrected chi connectivity index (χ3v) is 5.56. The van der Waals surface area contributed by atoms with E-state index >= 15 is 0 Å². The van der Waals surface area contributed by atoms with Crippen LogP contribution in [0, 0.1) is 13.8 Å². The highest BCUT2D eigenvalue weighted by atomic mass is 16.2. The molecule has 29 heavy (non-hydrogen) atoms. The summed E-state index contributed by atoms with van der Waals surface area (Å²) in [6.45, 7) is 5.79. The Kier molecular flexibility index (Phi) is 5.20. The summed E-state index contributed by atoms with van der Waals surface area (Å²) in [5, 5.41) is 6.04. The second-order valence-corrected chi connectivity index (χ2v) is 8.01. The molecule has 0 bridgehead atoms. The van der Waals surface area contributed by atoms with Crippen molar-refractivity contribution in [2.24, 2.45) is 4.99 Å². The van der Waals surface area contributed by atoms with E-state index in [1.807, 2.05) is 62.4 Å². The molecule has 0 saturated carbocycles. The van der Waals surface area contributed by atoms with Crippen molar-refractivity contribution in [2.45, 2.75) is 32.4 Å². The molecule has 1 spiro atoms. The zero-order chi connectivity index (χ0) is 20.4. The Morgan fingerprint density at radius 2 is 1.83 bits per heavy atom. The maximum atomic E-state index is 12.5. The van der Waals surface area contributed by atoms with Crippen LogP contribution < -0.4 is 10.6 Å². The van der Waals surface area contributed by atoms with Crippen LogP contribution in [0.15, 0.2) is 53.5 Å². The van der Waals surface area contributed by atoms with E-state index in [4.69, 9.17) is 4.99 Å². The number of amides is 2. The quantitative estimate of drug-likeness (QED) is 0.843. The Bertz CT molecular complexity index is 957. The van der Waals surface area contributed by atoms with Crippen LogP contribution in [-0.2, 0) is 9.59 Å². The number of carbonyl (C=O) groups is 2. The SMILES string of the molecule is Cc1ccc(C2=NC3(CCN(CC(=O)Nc4cccc(C)c4)CC3)NC2=O)cc1. The molecule has 2 aliphatic heterocycles. The summed E-state index contributed by atoms with van der Waals surface area (Å²) in [4.78, 5) is 31.8. The van der Waals surface area contributed by atoms with Gasteiger partial charge in [-0.05, 0) is 31.5 Å². The van der Waals surface area contributed by atoms with E-state index in [1.54, 1.807) is 0 Å². The number of nitrogens with zero attached hydrogens (tertiary/aromatic N) is 2. The molecule has 150 valence electrons. The summed E-state index contributed by atoms with van der Waals surface area (Å²) in [7, 11) is 0. The molecule has 2 aliphatic rings. The molecule has 2 N–H and O–H groups in total. The first-order valence-electron chi connectivity index (χ1n) is 10.0. The van der Waals surface area contributed by atoms with Gasteiger partial charge in [0.15, 0.2) is 0 Å². The van der Waals surface area contributed by atoms with Crippen LogP contribution in [0.4, 0.5) is 5.69 Å². The zero-order valence-corrected chi connectivity index (χ0v) is 16.9. The molecule has 4 rings (SSSR count). The number of hydrogen-bond acceptors (Lipinski definition) is 4. The Hall–Kier alpha value is -2.99. The number of nitrogens with one attached hydrogen (secondary N) is 2. The number of benzene rings is 2. The lowest BCUT2D eigenvalue weighted by Crippen LogP contribution is -2.52. The van der Waals surface area contributed by atoms with Gasteiger partial charge in [-0.25, -0.2) is 0 Å². The summed E-state index contributed by atoms with van der Waals surface area (Å²) < 4.78 is 0. The van der Waals surface area contributed by atoms with E-state index in [-0.39, 0.29) is 11.8 Å². The van der Waals surface area contributed by atoms with E-state index in [0.29, 0.717) is 38.2 Å². The first kappa shape index (κ1) is 19.3. The Labute approximate surface area is 171 Å². The Balaban J connectivity index is 1.36. The minimum Gasteiger partial charge on any atom is -0.326 e. The van der Waals surface area contributed by atoms with E-state index in [1.165, 1.54) is 0 Å². The fourth-order valence-corrected chi connectivity index (χ4v) is 3.91. The van der Waals surface area contributed by atoms with Gasteiger partial charge in [-0.3, -0.25) is 19.5 Å². The van der Waals surface area contributed by atoms with E-state index < -0.39 is 5.66 Å². The van der Waals surface area contributed by atoms with Gasteiger partial charge < -0.3 is 10.6 Å². The fraction of sp³-hybridized carbons (Fsp3) is 0.348. The summed E-state index contributed by atoms with van der Waals surface area (Å²) in [5.74, 6) is -0.134. The molecule has 0 unspecified atom stereocenters. The molecule has 0 radical (unpaired) electrons. The molecule has 1 fully saturated rings. The second kappa shape index (κ2) is 7.79. The standard InChI is InChI=1S/C23H26N4O2/c1-16-6-8-18(9-7-16)21-22(29)26-23(25-21)10-12-27(13-11-23)15-20(28)24-19-5-3-4-17(2)14-19/h3-9,14H,10-13,15H2,1-2H3,(H,24,28)(H,26,29). The molecule has 0 aliphatic carbocycles. The molecule has 2 aromatic rings. The second-order valence-electron chi connectivity index (χ2n) is 8.01. The van der Waals surface area contributed by atoms with Gasteiger partial charge in [-0.1, -0.05) is 42.0 Å². The number of aryl methyl sites for hydroxylation is 2. The first-order valence-corrected chi connectivity index (χ1v) is 10.0. The highest BCUT2D eigenvalue weighted by molar-refractivity contribution is 6.46. The van der Waals surface area contributed by atoms with E-state index in [0.717, 1.165) is 22.4 Å². The van der Waals surface area contributed by atoms with Crippen LogP contribution >= 0.6 is 0 Å². The molecule has 1 saturated heterocycles. The number of likely N-dealkylation sites (tertiary alicyclic amines) is 1. The van der Waals surface area contributed by atoms with Crippen molar-refractivity contribution in [1.82, 2.24) is 10.2 Å².